The molecule has 0 fully saturated rings. The fourth-order valence-corrected chi connectivity index (χ4v) is 2.66. The SMILES string of the molecule is CCCCCCC(C)OC1COc2ccccc2C1O. The Kier molecular flexibility index (Phi) is 5.86. The number of ether oxygens (including phenoxy) is 2. The van der Waals surface area contributed by atoms with E-state index in [1.54, 1.807) is 0 Å². The summed E-state index contributed by atoms with van der Waals surface area (Å²) < 4.78 is 11.6. The second kappa shape index (κ2) is 7.65. The number of aliphatic hydroxyl groups is 1. The van der Waals surface area contributed by atoms with E-state index in [-0.39, 0.29) is 12.2 Å². The maximum atomic E-state index is 10.4. The van der Waals surface area contributed by atoms with Gasteiger partial charge in [0.1, 0.15) is 24.6 Å². The standard InChI is InChI=1S/C17H26O3/c1-3-4-5-6-9-13(2)20-16-12-19-15-11-8-7-10-14(15)17(16)18/h7-8,10-11,13,16-18H,3-6,9,12H2,1-2H3. The van der Waals surface area contributed by atoms with Gasteiger partial charge in [0, 0.05) is 5.56 Å². The van der Waals surface area contributed by atoms with E-state index in [2.05, 4.69) is 13.8 Å². The van der Waals surface area contributed by atoms with Gasteiger partial charge in [0.15, 0.2) is 0 Å². The van der Waals surface area contributed by atoms with E-state index in [0.29, 0.717) is 6.61 Å². The summed E-state index contributed by atoms with van der Waals surface area (Å²) in [6.45, 7) is 4.73. The molecule has 3 unspecified atom stereocenters. The Labute approximate surface area is 121 Å². The van der Waals surface area contributed by atoms with Crippen molar-refractivity contribution >= 4 is 0 Å². The third kappa shape index (κ3) is 3.97. The zero-order valence-electron chi connectivity index (χ0n) is 12.5. The van der Waals surface area contributed by atoms with E-state index in [1.807, 2.05) is 24.3 Å². The van der Waals surface area contributed by atoms with Crippen molar-refractivity contribution in [1.82, 2.24) is 0 Å². The van der Waals surface area contributed by atoms with E-state index in [4.69, 9.17) is 9.47 Å². The molecule has 3 heteroatoms. The smallest absolute Gasteiger partial charge is 0.125 e. The number of para-hydroxylation sites is 1. The first-order chi connectivity index (χ1) is 9.72. The summed E-state index contributed by atoms with van der Waals surface area (Å²) in [4.78, 5) is 0. The largest absolute Gasteiger partial charge is 0.490 e. The van der Waals surface area contributed by atoms with Crippen LogP contribution in [0.25, 0.3) is 0 Å². The van der Waals surface area contributed by atoms with Gasteiger partial charge < -0.3 is 14.6 Å². The zero-order chi connectivity index (χ0) is 14.4. The van der Waals surface area contributed by atoms with E-state index in [0.717, 1.165) is 17.7 Å². The monoisotopic (exact) mass is 278 g/mol. The maximum absolute atomic E-state index is 10.4. The Morgan fingerprint density at radius 3 is 2.90 bits per heavy atom. The summed E-state index contributed by atoms with van der Waals surface area (Å²) in [6, 6.07) is 7.63. The molecule has 0 aromatic heterocycles. The van der Waals surface area contributed by atoms with Crippen LogP contribution >= 0.6 is 0 Å². The topological polar surface area (TPSA) is 38.7 Å². The number of rotatable bonds is 7. The fourth-order valence-electron chi connectivity index (χ4n) is 2.66. The molecule has 1 aromatic carbocycles. The summed E-state index contributed by atoms with van der Waals surface area (Å²) in [7, 11) is 0. The molecule has 112 valence electrons. The minimum atomic E-state index is -0.585. The van der Waals surface area contributed by atoms with Crippen molar-refractivity contribution in [3.63, 3.8) is 0 Å². The first-order valence-electron chi connectivity index (χ1n) is 7.77. The van der Waals surface area contributed by atoms with Crippen LogP contribution in [-0.4, -0.2) is 23.9 Å². The predicted molar refractivity (Wildman–Crippen MR) is 80.0 cm³/mol. The van der Waals surface area contributed by atoms with Crippen LogP contribution in [0.4, 0.5) is 0 Å². The number of fused-ring (bicyclic) bond motifs is 1. The van der Waals surface area contributed by atoms with Gasteiger partial charge in [-0.25, -0.2) is 0 Å². The van der Waals surface area contributed by atoms with Gasteiger partial charge in [-0.05, 0) is 19.4 Å². The lowest BCUT2D eigenvalue weighted by Gasteiger charge is -2.32. The number of hydrogen-bond acceptors (Lipinski definition) is 3. The molecule has 0 amide bonds. The maximum Gasteiger partial charge on any atom is 0.125 e. The summed E-state index contributed by atoms with van der Waals surface area (Å²) >= 11 is 0. The highest BCUT2D eigenvalue weighted by Crippen LogP contribution is 2.33. The zero-order valence-corrected chi connectivity index (χ0v) is 12.5. The van der Waals surface area contributed by atoms with Gasteiger partial charge in [0.25, 0.3) is 0 Å². The highest BCUT2D eigenvalue weighted by molar-refractivity contribution is 5.37. The molecule has 1 aromatic rings. The Hall–Kier alpha value is -1.06. The molecule has 1 N–H and O–H groups in total. The van der Waals surface area contributed by atoms with Gasteiger partial charge in [0.05, 0.1) is 6.10 Å². The molecule has 2 rings (SSSR count). The minimum Gasteiger partial charge on any atom is -0.490 e. The highest BCUT2D eigenvalue weighted by atomic mass is 16.6. The van der Waals surface area contributed by atoms with Crippen molar-refractivity contribution in [2.24, 2.45) is 0 Å². The van der Waals surface area contributed by atoms with E-state index >= 15 is 0 Å². The van der Waals surface area contributed by atoms with Gasteiger partial charge >= 0.3 is 0 Å². The molecule has 0 bridgehead atoms. The first kappa shape index (κ1) is 15.3. The lowest BCUT2D eigenvalue weighted by molar-refractivity contribution is -0.102. The lowest BCUT2D eigenvalue weighted by Crippen LogP contribution is -2.35. The molecule has 0 saturated heterocycles. The van der Waals surface area contributed by atoms with Gasteiger partial charge in [0.2, 0.25) is 0 Å². The van der Waals surface area contributed by atoms with E-state index < -0.39 is 6.10 Å². The molecular weight excluding hydrogens is 252 g/mol. The van der Waals surface area contributed by atoms with Crippen molar-refractivity contribution in [2.45, 2.75) is 64.3 Å². The minimum absolute atomic E-state index is 0.167. The van der Waals surface area contributed by atoms with Crippen LogP contribution in [0.15, 0.2) is 24.3 Å². The van der Waals surface area contributed by atoms with Gasteiger partial charge in [-0.2, -0.15) is 0 Å². The number of aliphatic hydroxyl groups excluding tert-OH is 1. The number of benzene rings is 1. The Balaban J connectivity index is 1.82. The quantitative estimate of drug-likeness (QED) is 0.770. The lowest BCUT2D eigenvalue weighted by atomic mass is 10.0. The predicted octanol–water partition coefficient (Wildman–Crippen LogP) is 3.86. The van der Waals surface area contributed by atoms with Crippen molar-refractivity contribution in [3.05, 3.63) is 29.8 Å². The first-order valence-corrected chi connectivity index (χ1v) is 7.77. The van der Waals surface area contributed by atoms with Crippen molar-refractivity contribution in [2.75, 3.05) is 6.61 Å². The average molecular weight is 278 g/mol. The Morgan fingerprint density at radius 2 is 2.10 bits per heavy atom. The highest BCUT2D eigenvalue weighted by Gasteiger charge is 2.30. The fraction of sp³-hybridized carbons (Fsp3) is 0.647. The third-order valence-corrected chi connectivity index (χ3v) is 3.86. The second-order valence-corrected chi connectivity index (χ2v) is 5.63. The number of unbranched alkanes of at least 4 members (excludes halogenated alkanes) is 3. The summed E-state index contributed by atoms with van der Waals surface area (Å²) in [5.74, 6) is 0.774. The van der Waals surface area contributed by atoms with Crippen molar-refractivity contribution < 1.29 is 14.6 Å². The van der Waals surface area contributed by atoms with Crippen LogP contribution in [-0.2, 0) is 4.74 Å². The van der Waals surface area contributed by atoms with E-state index in [1.165, 1.54) is 25.7 Å². The van der Waals surface area contributed by atoms with Crippen LogP contribution in [0, 0.1) is 0 Å². The molecule has 0 aliphatic carbocycles. The van der Waals surface area contributed by atoms with Gasteiger partial charge in [-0.1, -0.05) is 50.8 Å². The van der Waals surface area contributed by atoms with Crippen LogP contribution in [0.5, 0.6) is 5.75 Å². The number of hydrogen-bond donors (Lipinski definition) is 1. The van der Waals surface area contributed by atoms with E-state index in [9.17, 15) is 5.11 Å². The van der Waals surface area contributed by atoms with Crippen LogP contribution in [0.3, 0.4) is 0 Å². The van der Waals surface area contributed by atoms with Crippen molar-refractivity contribution in [3.8, 4) is 5.75 Å². The second-order valence-electron chi connectivity index (χ2n) is 5.63. The Bertz CT molecular complexity index is 405. The molecule has 20 heavy (non-hydrogen) atoms. The molecule has 3 nitrogen and oxygen atoms in total. The summed E-state index contributed by atoms with van der Waals surface area (Å²) in [5.41, 5.74) is 0.835. The van der Waals surface area contributed by atoms with Crippen LogP contribution in [0.2, 0.25) is 0 Å². The Morgan fingerprint density at radius 1 is 1.30 bits per heavy atom. The molecule has 0 radical (unpaired) electrons. The summed E-state index contributed by atoms with van der Waals surface area (Å²) in [6.07, 6.45) is 5.36. The molecule has 0 saturated carbocycles. The van der Waals surface area contributed by atoms with Gasteiger partial charge in [-0.15, -0.1) is 0 Å². The summed E-state index contributed by atoms with van der Waals surface area (Å²) in [5, 5.41) is 10.4. The third-order valence-electron chi connectivity index (χ3n) is 3.86. The average Bonchev–Trinajstić information content (AvgIpc) is 2.47. The van der Waals surface area contributed by atoms with Crippen LogP contribution < -0.4 is 4.74 Å². The molecule has 1 heterocycles. The normalized spacial score (nSPS) is 22.9. The molecule has 0 spiro atoms. The van der Waals surface area contributed by atoms with Crippen molar-refractivity contribution in [1.29, 1.82) is 0 Å². The van der Waals surface area contributed by atoms with Crippen LogP contribution in [0.1, 0.15) is 57.6 Å². The van der Waals surface area contributed by atoms with Gasteiger partial charge in [-0.3, -0.25) is 0 Å². The molecule has 1 aliphatic rings. The molecule has 3 atom stereocenters. The molecular formula is C17H26O3. The molecule has 1 aliphatic heterocycles.